The maximum Gasteiger partial charge on any atom is 0.194 e. The first kappa shape index (κ1) is 13.9. The van der Waals surface area contributed by atoms with Crippen LogP contribution in [-0.2, 0) is 0 Å². The van der Waals surface area contributed by atoms with Crippen molar-refractivity contribution in [1.29, 1.82) is 0 Å². The summed E-state index contributed by atoms with van der Waals surface area (Å²) in [5.41, 5.74) is 7.07. The molecule has 4 rings (SSSR count). The van der Waals surface area contributed by atoms with Gasteiger partial charge in [0.05, 0.1) is 23.1 Å². The van der Waals surface area contributed by atoms with Crippen LogP contribution < -0.4 is 5.43 Å². The second-order valence-corrected chi connectivity index (χ2v) is 6.17. The number of nitrogens with one attached hydrogen (secondary N) is 1. The summed E-state index contributed by atoms with van der Waals surface area (Å²) in [5, 5.41) is 7.54. The van der Waals surface area contributed by atoms with E-state index in [1.54, 1.807) is 17.6 Å². The highest BCUT2D eigenvalue weighted by molar-refractivity contribution is 7.15. The molecule has 1 N–H and O–H groups in total. The van der Waals surface area contributed by atoms with Crippen LogP contribution in [0.25, 0.3) is 15.9 Å². The molecule has 0 spiro atoms. The Hall–Kier alpha value is -2.73. The quantitative estimate of drug-likeness (QED) is 0.458. The van der Waals surface area contributed by atoms with Crippen molar-refractivity contribution < 1.29 is 0 Å². The maximum absolute atomic E-state index is 4.55. The van der Waals surface area contributed by atoms with Gasteiger partial charge in [-0.1, -0.05) is 18.2 Å². The summed E-state index contributed by atoms with van der Waals surface area (Å²) in [4.78, 5) is 10.1. The van der Waals surface area contributed by atoms with Gasteiger partial charge in [0.25, 0.3) is 0 Å². The standard InChI is InChI=1S/C17H15N5S/c1-11-10-23-17-19-12(2)15(22(11)17)9-18-21-16-8-7-13-5-3-4-6-14(13)20-16/h3-10H,1-2H3,(H,20,21)/b18-9-. The highest BCUT2D eigenvalue weighted by Crippen LogP contribution is 2.19. The summed E-state index contributed by atoms with van der Waals surface area (Å²) in [6.07, 6.45) is 1.80. The lowest BCUT2D eigenvalue weighted by Gasteiger charge is -2.02. The number of hydrogen-bond acceptors (Lipinski definition) is 5. The molecule has 0 aliphatic carbocycles. The summed E-state index contributed by atoms with van der Waals surface area (Å²) in [6, 6.07) is 12.0. The topological polar surface area (TPSA) is 54.6 Å². The molecule has 0 atom stereocenters. The van der Waals surface area contributed by atoms with Gasteiger partial charge in [-0.3, -0.25) is 9.83 Å². The van der Waals surface area contributed by atoms with Gasteiger partial charge in [-0.25, -0.2) is 9.97 Å². The molecule has 6 heteroatoms. The number of para-hydroxylation sites is 1. The first-order valence-corrected chi connectivity index (χ1v) is 8.18. The highest BCUT2D eigenvalue weighted by Gasteiger charge is 2.10. The number of thiazole rings is 1. The lowest BCUT2D eigenvalue weighted by atomic mass is 10.2. The first-order chi connectivity index (χ1) is 11.2. The van der Waals surface area contributed by atoms with Crippen molar-refractivity contribution in [2.45, 2.75) is 13.8 Å². The minimum atomic E-state index is 0.723. The lowest BCUT2D eigenvalue weighted by molar-refractivity contribution is 1.11. The molecule has 3 aromatic heterocycles. The molecule has 0 unspecified atom stereocenters. The molecule has 4 aromatic rings. The minimum Gasteiger partial charge on any atom is -0.286 e. The molecule has 0 aliphatic heterocycles. The van der Waals surface area contributed by atoms with Crippen LogP contribution in [0.1, 0.15) is 17.1 Å². The van der Waals surface area contributed by atoms with Gasteiger partial charge in [0.1, 0.15) is 5.82 Å². The number of aromatic nitrogens is 3. The fourth-order valence-electron chi connectivity index (χ4n) is 2.57. The normalized spacial score (nSPS) is 11.7. The van der Waals surface area contributed by atoms with Gasteiger partial charge in [-0.15, -0.1) is 11.3 Å². The first-order valence-electron chi connectivity index (χ1n) is 7.30. The van der Waals surface area contributed by atoms with Gasteiger partial charge >= 0.3 is 0 Å². The van der Waals surface area contributed by atoms with Crippen molar-refractivity contribution in [1.82, 2.24) is 14.4 Å². The molecule has 0 aliphatic rings. The second-order valence-electron chi connectivity index (χ2n) is 5.34. The zero-order valence-electron chi connectivity index (χ0n) is 12.8. The van der Waals surface area contributed by atoms with Gasteiger partial charge < -0.3 is 0 Å². The van der Waals surface area contributed by atoms with E-state index in [-0.39, 0.29) is 0 Å². The summed E-state index contributed by atoms with van der Waals surface area (Å²) in [7, 11) is 0. The fourth-order valence-corrected chi connectivity index (χ4v) is 3.48. The van der Waals surface area contributed by atoms with E-state index in [0.717, 1.165) is 38.8 Å². The van der Waals surface area contributed by atoms with Gasteiger partial charge in [0.15, 0.2) is 4.96 Å². The van der Waals surface area contributed by atoms with Crippen molar-refractivity contribution in [2.24, 2.45) is 5.10 Å². The smallest absolute Gasteiger partial charge is 0.194 e. The van der Waals surface area contributed by atoms with E-state index in [1.165, 1.54) is 0 Å². The SMILES string of the molecule is Cc1nc2scc(C)n2c1/C=N\Nc1ccc2ccccc2n1. The van der Waals surface area contributed by atoms with E-state index in [2.05, 4.69) is 37.2 Å². The molecule has 0 bridgehead atoms. The largest absolute Gasteiger partial charge is 0.286 e. The van der Waals surface area contributed by atoms with E-state index in [4.69, 9.17) is 0 Å². The van der Waals surface area contributed by atoms with Crippen LogP contribution in [0.2, 0.25) is 0 Å². The van der Waals surface area contributed by atoms with Crippen LogP contribution in [0.5, 0.6) is 0 Å². The Morgan fingerprint density at radius 2 is 2.00 bits per heavy atom. The van der Waals surface area contributed by atoms with Crippen molar-refractivity contribution in [3.05, 3.63) is 58.9 Å². The van der Waals surface area contributed by atoms with Gasteiger partial charge in [0.2, 0.25) is 0 Å². The summed E-state index contributed by atoms with van der Waals surface area (Å²) < 4.78 is 2.11. The highest BCUT2D eigenvalue weighted by atomic mass is 32.1. The van der Waals surface area contributed by atoms with Crippen molar-refractivity contribution in [2.75, 3.05) is 5.43 Å². The third-order valence-corrected chi connectivity index (χ3v) is 4.66. The summed E-state index contributed by atoms with van der Waals surface area (Å²) in [6.45, 7) is 4.06. The Morgan fingerprint density at radius 3 is 2.91 bits per heavy atom. The van der Waals surface area contributed by atoms with Crippen LogP contribution >= 0.6 is 11.3 Å². The number of nitrogens with zero attached hydrogens (tertiary/aromatic N) is 4. The summed E-state index contributed by atoms with van der Waals surface area (Å²) >= 11 is 1.64. The van der Waals surface area contributed by atoms with Crippen LogP contribution in [0.3, 0.4) is 0 Å². The van der Waals surface area contributed by atoms with Gasteiger partial charge in [-0.05, 0) is 32.0 Å². The molecule has 0 saturated carbocycles. The predicted octanol–water partition coefficient (Wildman–Crippen LogP) is 4.01. The van der Waals surface area contributed by atoms with Crippen molar-refractivity contribution in [3.8, 4) is 0 Å². The summed E-state index contributed by atoms with van der Waals surface area (Å²) in [5.74, 6) is 0.723. The molecule has 0 amide bonds. The van der Waals surface area contributed by atoms with Crippen LogP contribution in [-0.4, -0.2) is 20.6 Å². The third kappa shape index (κ3) is 2.47. The van der Waals surface area contributed by atoms with Crippen LogP contribution in [0.15, 0.2) is 46.9 Å². The van der Waals surface area contributed by atoms with Gasteiger partial charge in [-0.2, -0.15) is 5.10 Å². The number of pyridine rings is 1. The molecule has 23 heavy (non-hydrogen) atoms. The number of hydrogen-bond donors (Lipinski definition) is 1. The maximum atomic E-state index is 4.55. The van der Waals surface area contributed by atoms with E-state index in [9.17, 15) is 0 Å². The van der Waals surface area contributed by atoms with E-state index >= 15 is 0 Å². The van der Waals surface area contributed by atoms with E-state index in [0.29, 0.717) is 0 Å². The van der Waals surface area contributed by atoms with Crippen molar-refractivity contribution in [3.63, 3.8) is 0 Å². The monoisotopic (exact) mass is 321 g/mol. The Labute approximate surface area is 137 Å². The molecular formula is C17H15N5S. The lowest BCUT2D eigenvalue weighted by Crippen LogP contribution is -1.98. The molecule has 1 aromatic carbocycles. The number of rotatable bonds is 3. The fraction of sp³-hybridized carbons (Fsp3) is 0.118. The third-order valence-electron chi connectivity index (χ3n) is 3.72. The number of hydrazone groups is 1. The molecule has 3 heterocycles. The number of fused-ring (bicyclic) bond motifs is 2. The molecule has 114 valence electrons. The number of imidazole rings is 1. The molecular weight excluding hydrogens is 306 g/mol. The Bertz CT molecular complexity index is 1030. The zero-order chi connectivity index (χ0) is 15.8. The number of benzene rings is 1. The number of anilines is 1. The molecule has 0 saturated heterocycles. The molecule has 0 radical (unpaired) electrons. The average Bonchev–Trinajstić information content (AvgIpc) is 3.07. The Morgan fingerprint density at radius 1 is 1.13 bits per heavy atom. The predicted molar refractivity (Wildman–Crippen MR) is 95.5 cm³/mol. The van der Waals surface area contributed by atoms with Crippen LogP contribution in [0.4, 0.5) is 5.82 Å². The van der Waals surface area contributed by atoms with Crippen LogP contribution in [0, 0.1) is 13.8 Å². The number of aryl methyl sites for hydroxylation is 2. The second kappa shape index (κ2) is 5.48. The van der Waals surface area contributed by atoms with Gasteiger partial charge in [0, 0.05) is 16.5 Å². The van der Waals surface area contributed by atoms with Crippen molar-refractivity contribution >= 4 is 39.2 Å². The Balaban J connectivity index is 1.62. The Kier molecular flexibility index (Phi) is 3.31. The minimum absolute atomic E-state index is 0.723. The molecule has 5 nitrogen and oxygen atoms in total. The van der Waals surface area contributed by atoms with E-state index in [1.807, 2.05) is 43.3 Å². The van der Waals surface area contributed by atoms with E-state index < -0.39 is 0 Å². The average molecular weight is 321 g/mol. The zero-order valence-corrected chi connectivity index (χ0v) is 13.6. The molecule has 0 fully saturated rings.